The van der Waals surface area contributed by atoms with Gasteiger partial charge in [0.15, 0.2) is 0 Å². The van der Waals surface area contributed by atoms with Crippen molar-refractivity contribution in [2.75, 3.05) is 6.54 Å². The molecule has 3 atom stereocenters. The van der Waals surface area contributed by atoms with E-state index in [1.807, 2.05) is 6.92 Å². The van der Waals surface area contributed by atoms with Crippen LogP contribution in [0.5, 0.6) is 0 Å². The molecule has 1 rings (SSSR count). The van der Waals surface area contributed by atoms with Crippen LogP contribution in [0, 0.1) is 0 Å². The molecule has 0 spiro atoms. The lowest BCUT2D eigenvalue weighted by atomic mass is 10.1. The molecule has 0 aromatic heterocycles. The summed E-state index contributed by atoms with van der Waals surface area (Å²) < 4.78 is 10.5. The van der Waals surface area contributed by atoms with E-state index in [-0.39, 0.29) is 18.1 Å². The van der Waals surface area contributed by atoms with E-state index in [2.05, 4.69) is 16.0 Å². The van der Waals surface area contributed by atoms with Crippen LogP contribution in [0.4, 0.5) is 9.59 Å². The molecule has 0 unspecified atom stereocenters. The van der Waals surface area contributed by atoms with Gasteiger partial charge in [-0.2, -0.15) is 0 Å². The molecule has 1 aliphatic rings. The van der Waals surface area contributed by atoms with Crippen LogP contribution in [0.3, 0.4) is 0 Å². The summed E-state index contributed by atoms with van der Waals surface area (Å²) >= 11 is 0. The van der Waals surface area contributed by atoms with Crippen molar-refractivity contribution in [3.63, 3.8) is 0 Å². The Morgan fingerprint density at radius 1 is 0.955 bits per heavy atom. The van der Waals surface area contributed by atoms with E-state index in [0.29, 0.717) is 6.54 Å². The molecule has 1 aliphatic heterocycles. The Bertz CT molecular complexity index is 412. The van der Waals surface area contributed by atoms with Crippen molar-refractivity contribution >= 4 is 12.2 Å². The summed E-state index contributed by atoms with van der Waals surface area (Å²) in [4.78, 5) is 23.8. The first-order valence-corrected chi connectivity index (χ1v) is 7.60. The third-order valence-electron chi connectivity index (χ3n) is 3.02. The number of ether oxygens (including phenoxy) is 2. The van der Waals surface area contributed by atoms with Crippen molar-refractivity contribution in [2.24, 2.45) is 0 Å². The van der Waals surface area contributed by atoms with Crippen LogP contribution in [0.2, 0.25) is 0 Å². The van der Waals surface area contributed by atoms with Gasteiger partial charge in [-0.15, -0.1) is 0 Å². The van der Waals surface area contributed by atoms with Gasteiger partial charge >= 0.3 is 12.2 Å². The number of hydrogen-bond acceptors (Lipinski definition) is 5. The molecule has 2 amide bonds. The van der Waals surface area contributed by atoms with Crippen molar-refractivity contribution in [3.8, 4) is 0 Å². The van der Waals surface area contributed by atoms with Crippen LogP contribution in [0.25, 0.3) is 0 Å². The van der Waals surface area contributed by atoms with Crippen molar-refractivity contribution in [1.82, 2.24) is 16.0 Å². The van der Waals surface area contributed by atoms with Crippen LogP contribution >= 0.6 is 0 Å². The van der Waals surface area contributed by atoms with Crippen molar-refractivity contribution < 1.29 is 19.1 Å². The van der Waals surface area contributed by atoms with Crippen molar-refractivity contribution in [3.05, 3.63) is 0 Å². The van der Waals surface area contributed by atoms with E-state index in [4.69, 9.17) is 9.47 Å². The van der Waals surface area contributed by atoms with E-state index in [1.165, 1.54) is 0 Å². The minimum Gasteiger partial charge on any atom is -0.444 e. The van der Waals surface area contributed by atoms with E-state index in [9.17, 15) is 9.59 Å². The molecule has 128 valence electrons. The molecular formula is C15H29N3O4. The largest absolute Gasteiger partial charge is 0.444 e. The highest BCUT2D eigenvalue weighted by molar-refractivity contribution is 5.70. The van der Waals surface area contributed by atoms with E-state index in [1.54, 1.807) is 41.5 Å². The highest BCUT2D eigenvalue weighted by atomic mass is 16.6. The standard InChI is InChI=1S/C15H29N3O4/c1-9-11(18-13(20)22-15(5,6)7)10(8-16-9)17-12(19)21-14(2,3)4/h9-11,16H,8H2,1-7H3,(H,17,19)(H,18,20)/t9-,10-,11-/m0/s1. The molecule has 1 heterocycles. The zero-order valence-corrected chi connectivity index (χ0v) is 14.6. The summed E-state index contributed by atoms with van der Waals surface area (Å²) in [5.74, 6) is 0. The maximum absolute atomic E-state index is 11.9. The lowest BCUT2D eigenvalue weighted by Gasteiger charge is -2.27. The Morgan fingerprint density at radius 2 is 1.41 bits per heavy atom. The van der Waals surface area contributed by atoms with Gasteiger partial charge in [-0.25, -0.2) is 9.59 Å². The Hall–Kier alpha value is -1.50. The highest BCUT2D eigenvalue weighted by Crippen LogP contribution is 2.13. The maximum atomic E-state index is 11.9. The zero-order chi connectivity index (χ0) is 17.1. The van der Waals surface area contributed by atoms with Crippen molar-refractivity contribution in [1.29, 1.82) is 0 Å². The molecule has 7 nitrogen and oxygen atoms in total. The first-order valence-electron chi connectivity index (χ1n) is 7.60. The Morgan fingerprint density at radius 3 is 1.86 bits per heavy atom. The predicted octanol–water partition coefficient (Wildman–Crippen LogP) is 1.76. The first-order chi connectivity index (χ1) is 9.87. The molecule has 22 heavy (non-hydrogen) atoms. The number of hydrogen-bond donors (Lipinski definition) is 3. The fraction of sp³-hybridized carbons (Fsp3) is 0.867. The normalized spacial score (nSPS) is 25.5. The van der Waals surface area contributed by atoms with E-state index in [0.717, 1.165) is 0 Å². The summed E-state index contributed by atoms with van der Waals surface area (Å²) in [6.45, 7) is 13.3. The second-order valence-corrected chi connectivity index (χ2v) is 7.62. The lowest BCUT2D eigenvalue weighted by molar-refractivity contribution is 0.0441. The van der Waals surface area contributed by atoms with Gasteiger partial charge in [-0.1, -0.05) is 0 Å². The van der Waals surface area contributed by atoms with Crippen LogP contribution in [0.15, 0.2) is 0 Å². The molecule has 0 bridgehead atoms. The molecule has 3 N–H and O–H groups in total. The fourth-order valence-electron chi connectivity index (χ4n) is 2.18. The minimum absolute atomic E-state index is 0.0208. The van der Waals surface area contributed by atoms with Crippen LogP contribution in [0.1, 0.15) is 48.5 Å². The number of rotatable bonds is 2. The zero-order valence-electron chi connectivity index (χ0n) is 14.6. The number of carbonyl (C=O) groups excluding carboxylic acids is 2. The quantitative estimate of drug-likeness (QED) is 0.722. The molecule has 7 heteroatoms. The van der Waals surface area contributed by atoms with Crippen LogP contribution in [-0.2, 0) is 9.47 Å². The Labute approximate surface area is 132 Å². The van der Waals surface area contributed by atoms with Gasteiger partial charge in [0.05, 0.1) is 12.1 Å². The number of nitrogens with one attached hydrogen (secondary N) is 3. The SMILES string of the molecule is C[C@@H]1NC[C@H](NC(=O)OC(C)(C)C)[C@H]1NC(=O)OC(C)(C)C. The van der Waals surface area contributed by atoms with Crippen LogP contribution < -0.4 is 16.0 Å². The smallest absolute Gasteiger partial charge is 0.407 e. The van der Waals surface area contributed by atoms with Gasteiger partial charge in [0.2, 0.25) is 0 Å². The maximum Gasteiger partial charge on any atom is 0.407 e. The van der Waals surface area contributed by atoms with Gasteiger partial charge in [0.25, 0.3) is 0 Å². The van der Waals surface area contributed by atoms with Gasteiger partial charge in [0.1, 0.15) is 11.2 Å². The van der Waals surface area contributed by atoms with Crippen molar-refractivity contribution in [2.45, 2.75) is 77.8 Å². The van der Waals surface area contributed by atoms with Gasteiger partial charge < -0.3 is 25.4 Å². The average Bonchev–Trinajstić information content (AvgIpc) is 2.56. The molecule has 0 radical (unpaired) electrons. The molecule has 0 aromatic rings. The molecule has 0 aromatic carbocycles. The fourth-order valence-corrected chi connectivity index (χ4v) is 2.18. The van der Waals surface area contributed by atoms with Crippen LogP contribution in [-0.4, -0.2) is 48.1 Å². The second kappa shape index (κ2) is 6.73. The third kappa shape index (κ3) is 6.51. The highest BCUT2D eigenvalue weighted by Gasteiger charge is 2.37. The summed E-state index contributed by atoms with van der Waals surface area (Å²) in [7, 11) is 0. The van der Waals surface area contributed by atoms with E-state index >= 15 is 0 Å². The molecular weight excluding hydrogens is 286 g/mol. The van der Waals surface area contributed by atoms with Gasteiger partial charge in [-0.05, 0) is 48.5 Å². The number of alkyl carbamates (subject to hydrolysis) is 2. The summed E-state index contributed by atoms with van der Waals surface area (Å²) in [6, 6.07) is -0.493. The summed E-state index contributed by atoms with van der Waals surface area (Å²) in [5, 5.41) is 8.82. The Balaban J connectivity index is 2.60. The van der Waals surface area contributed by atoms with Gasteiger partial charge in [-0.3, -0.25) is 0 Å². The molecule has 0 aliphatic carbocycles. The molecule has 0 saturated carbocycles. The monoisotopic (exact) mass is 315 g/mol. The van der Waals surface area contributed by atoms with Gasteiger partial charge in [0, 0.05) is 12.6 Å². The third-order valence-corrected chi connectivity index (χ3v) is 3.02. The lowest BCUT2D eigenvalue weighted by Crippen LogP contribution is -2.54. The summed E-state index contributed by atoms with van der Waals surface area (Å²) in [6.07, 6.45) is -0.992. The van der Waals surface area contributed by atoms with E-state index < -0.39 is 23.4 Å². The molecule has 1 fully saturated rings. The minimum atomic E-state index is -0.562. The topological polar surface area (TPSA) is 88.7 Å². The predicted molar refractivity (Wildman–Crippen MR) is 83.8 cm³/mol. The second-order valence-electron chi connectivity index (χ2n) is 7.62. The Kier molecular flexibility index (Phi) is 5.67. The summed E-state index contributed by atoms with van der Waals surface area (Å²) in [5.41, 5.74) is -1.12. The number of amides is 2. The molecule has 1 saturated heterocycles. The number of carbonyl (C=O) groups is 2. The first kappa shape index (κ1) is 18.5. The average molecular weight is 315 g/mol.